The van der Waals surface area contributed by atoms with Gasteiger partial charge in [-0.2, -0.15) is 0 Å². The molecule has 0 aliphatic heterocycles. The first-order valence-electron chi connectivity index (χ1n) is 9.24. The number of rotatable bonds is 6. The lowest BCUT2D eigenvalue weighted by Gasteiger charge is -2.18. The molecule has 5 heteroatoms. The standard InChI is InChI=1S/C20H29N3O2/c1-21-20(23-16-7-3-4-8-16)22-14-15-11-12-18(19(13-15)24-2)25-17-9-5-6-10-17/h3-4,11-13,16-17H,5-10,14H2,1-2H3,(H2,21,22,23). The minimum atomic E-state index is 0.334. The molecule has 0 amide bonds. The number of benzene rings is 1. The van der Waals surface area contributed by atoms with Crippen molar-refractivity contribution in [2.45, 2.75) is 57.2 Å². The van der Waals surface area contributed by atoms with Crippen LogP contribution in [-0.4, -0.2) is 32.3 Å². The Bertz CT molecular complexity index is 613. The summed E-state index contributed by atoms with van der Waals surface area (Å²) in [7, 11) is 3.50. The van der Waals surface area contributed by atoms with Crippen LogP contribution in [-0.2, 0) is 6.54 Å². The highest BCUT2D eigenvalue weighted by atomic mass is 16.5. The third-order valence-electron chi connectivity index (χ3n) is 4.86. The van der Waals surface area contributed by atoms with Crippen molar-refractivity contribution in [1.82, 2.24) is 10.6 Å². The van der Waals surface area contributed by atoms with E-state index in [4.69, 9.17) is 9.47 Å². The second-order valence-electron chi connectivity index (χ2n) is 6.72. The van der Waals surface area contributed by atoms with Crippen molar-refractivity contribution < 1.29 is 9.47 Å². The zero-order chi connectivity index (χ0) is 17.5. The van der Waals surface area contributed by atoms with Crippen molar-refractivity contribution in [2.75, 3.05) is 14.2 Å². The molecule has 0 heterocycles. The summed E-state index contributed by atoms with van der Waals surface area (Å²) in [5.41, 5.74) is 1.14. The summed E-state index contributed by atoms with van der Waals surface area (Å²) in [6.07, 6.45) is 11.7. The fourth-order valence-corrected chi connectivity index (χ4v) is 3.41. The van der Waals surface area contributed by atoms with Gasteiger partial charge < -0.3 is 20.1 Å². The maximum atomic E-state index is 6.10. The first-order chi connectivity index (χ1) is 12.3. The molecule has 5 nitrogen and oxygen atoms in total. The van der Waals surface area contributed by atoms with Gasteiger partial charge in [-0.1, -0.05) is 18.2 Å². The average molecular weight is 343 g/mol. The van der Waals surface area contributed by atoms with Gasteiger partial charge >= 0.3 is 0 Å². The Morgan fingerprint density at radius 2 is 1.92 bits per heavy atom. The summed E-state index contributed by atoms with van der Waals surface area (Å²) in [6.45, 7) is 0.694. The number of aliphatic imine (C=N–C) groups is 1. The molecule has 25 heavy (non-hydrogen) atoms. The Morgan fingerprint density at radius 1 is 1.16 bits per heavy atom. The second kappa shape index (κ2) is 8.79. The molecule has 2 N–H and O–H groups in total. The number of nitrogens with one attached hydrogen (secondary N) is 2. The average Bonchev–Trinajstić information content (AvgIpc) is 3.33. The SMILES string of the molecule is CN=C(NCc1ccc(OC2CCCC2)c(OC)c1)NC1CC=CC1. The van der Waals surface area contributed by atoms with Gasteiger partial charge in [-0.15, -0.1) is 0 Å². The monoisotopic (exact) mass is 343 g/mol. The molecular formula is C20H29N3O2. The van der Waals surface area contributed by atoms with Crippen LogP contribution in [0.25, 0.3) is 0 Å². The molecule has 0 aromatic heterocycles. The van der Waals surface area contributed by atoms with E-state index >= 15 is 0 Å². The van der Waals surface area contributed by atoms with Gasteiger partial charge in [0.25, 0.3) is 0 Å². The molecule has 1 aromatic carbocycles. The molecule has 0 saturated heterocycles. The molecule has 0 atom stereocenters. The predicted molar refractivity (Wildman–Crippen MR) is 101 cm³/mol. The van der Waals surface area contributed by atoms with Crippen LogP contribution in [0.5, 0.6) is 11.5 Å². The molecule has 136 valence electrons. The molecule has 1 fully saturated rings. The first kappa shape index (κ1) is 17.6. The maximum Gasteiger partial charge on any atom is 0.191 e. The molecule has 0 unspecified atom stereocenters. The Kier molecular flexibility index (Phi) is 6.20. The van der Waals surface area contributed by atoms with Crippen LogP contribution in [0, 0.1) is 0 Å². The quantitative estimate of drug-likeness (QED) is 0.472. The largest absolute Gasteiger partial charge is 0.493 e. The fourth-order valence-electron chi connectivity index (χ4n) is 3.41. The zero-order valence-electron chi connectivity index (χ0n) is 15.3. The number of ether oxygens (including phenoxy) is 2. The summed E-state index contributed by atoms with van der Waals surface area (Å²) in [4.78, 5) is 4.31. The van der Waals surface area contributed by atoms with Gasteiger partial charge in [-0.05, 0) is 56.2 Å². The van der Waals surface area contributed by atoms with E-state index in [9.17, 15) is 0 Å². The first-order valence-corrected chi connectivity index (χ1v) is 9.24. The maximum absolute atomic E-state index is 6.10. The third-order valence-corrected chi connectivity index (χ3v) is 4.86. The van der Waals surface area contributed by atoms with Crippen LogP contribution >= 0.6 is 0 Å². The van der Waals surface area contributed by atoms with E-state index in [1.54, 1.807) is 14.2 Å². The summed E-state index contributed by atoms with van der Waals surface area (Å²) >= 11 is 0. The van der Waals surface area contributed by atoms with Gasteiger partial charge in [0.05, 0.1) is 13.2 Å². The molecule has 2 aliphatic rings. The van der Waals surface area contributed by atoms with Gasteiger partial charge in [0.2, 0.25) is 0 Å². The minimum absolute atomic E-state index is 0.334. The van der Waals surface area contributed by atoms with Crippen LogP contribution < -0.4 is 20.1 Å². The molecule has 1 saturated carbocycles. The van der Waals surface area contributed by atoms with Crippen molar-refractivity contribution in [2.24, 2.45) is 4.99 Å². The molecule has 1 aromatic rings. The van der Waals surface area contributed by atoms with Crippen LogP contribution in [0.15, 0.2) is 35.3 Å². The lowest BCUT2D eigenvalue weighted by atomic mass is 10.2. The smallest absolute Gasteiger partial charge is 0.191 e. The zero-order valence-corrected chi connectivity index (χ0v) is 15.3. The number of guanidine groups is 1. The summed E-state index contributed by atoms with van der Waals surface area (Å²) in [6, 6.07) is 6.60. The van der Waals surface area contributed by atoms with E-state index in [1.807, 2.05) is 12.1 Å². The highest BCUT2D eigenvalue weighted by molar-refractivity contribution is 5.80. The molecule has 0 spiro atoms. The third kappa shape index (κ3) is 4.91. The van der Waals surface area contributed by atoms with E-state index in [2.05, 4.69) is 33.8 Å². The van der Waals surface area contributed by atoms with E-state index in [0.717, 1.165) is 48.7 Å². The molecule has 3 rings (SSSR count). The van der Waals surface area contributed by atoms with E-state index in [1.165, 1.54) is 12.8 Å². The molecule has 0 bridgehead atoms. The van der Waals surface area contributed by atoms with Crippen LogP contribution in [0.1, 0.15) is 44.1 Å². The fraction of sp³-hybridized carbons (Fsp3) is 0.550. The number of hydrogen-bond acceptors (Lipinski definition) is 3. The van der Waals surface area contributed by atoms with Crippen molar-refractivity contribution in [3.05, 3.63) is 35.9 Å². The molecule has 2 aliphatic carbocycles. The lowest BCUT2D eigenvalue weighted by Crippen LogP contribution is -2.42. The number of nitrogens with zero attached hydrogens (tertiary/aromatic N) is 1. The number of methoxy groups -OCH3 is 1. The summed E-state index contributed by atoms with van der Waals surface area (Å²) < 4.78 is 11.6. The second-order valence-corrected chi connectivity index (χ2v) is 6.72. The van der Waals surface area contributed by atoms with Gasteiger partial charge in [0.15, 0.2) is 17.5 Å². The van der Waals surface area contributed by atoms with Gasteiger partial charge in [0.1, 0.15) is 0 Å². The summed E-state index contributed by atoms with van der Waals surface area (Å²) in [5, 5.41) is 6.82. The van der Waals surface area contributed by atoms with Crippen molar-refractivity contribution in [3.8, 4) is 11.5 Å². The topological polar surface area (TPSA) is 54.9 Å². The van der Waals surface area contributed by atoms with Crippen LogP contribution in [0.2, 0.25) is 0 Å². The minimum Gasteiger partial charge on any atom is -0.493 e. The van der Waals surface area contributed by atoms with E-state index in [-0.39, 0.29) is 0 Å². The van der Waals surface area contributed by atoms with Gasteiger partial charge in [-0.3, -0.25) is 4.99 Å². The van der Waals surface area contributed by atoms with Crippen molar-refractivity contribution in [1.29, 1.82) is 0 Å². The van der Waals surface area contributed by atoms with E-state index < -0.39 is 0 Å². The van der Waals surface area contributed by atoms with Gasteiger partial charge in [-0.25, -0.2) is 0 Å². The Morgan fingerprint density at radius 3 is 2.60 bits per heavy atom. The van der Waals surface area contributed by atoms with Gasteiger partial charge in [0, 0.05) is 19.6 Å². The Labute approximate surface area is 150 Å². The highest BCUT2D eigenvalue weighted by Crippen LogP contribution is 2.32. The normalized spacial score (nSPS) is 18.6. The lowest BCUT2D eigenvalue weighted by molar-refractivity contribution is 0.200. The number of hydrogen-bond donors (Lipinski definition) is 2. The van der Waals surface area contributed by atoms with Crippen molar-refractivity contribution in [3.63, 3.8) is 0 Å². The van der Waals surface area contributed by atoms with Crippen LogP contribution in [0.3, 0.4) is 0 Å². The summed E-state index contributed by atoms with van der Waals surface area (Å²) in [5.74, 6) is 2.48. The van der Waals surface area contributed by atoms with Crippen LogP contribution in [0.4, 0.5) is 0 Å². The predicted octanol–water partition coefficient (Wildman–Crippen LogP) is 3.40. The Hall–Kier alpha value is -2.17. The molecule has 0 radical (unpaired) electrons. The Balaban J connectivity index is 1.56. The van der Waals surface area contributed by atoms with E-state index in [0.29, 0.717) is 18.7 Å². The van der Waals surface area contributed by atoms with Crippen molar-refractivity contribution >= 4 is 5.96 Å². The highest BCUT2D eigenvalue weighted by Gasteiger charge is 2.18. The molecular weight excluding hydrogens is 314 g/mol.